The van der Waals surface area contributed by atoms with E-state index >= 15 is 0 Å². The van der Waals surface area contributed by atoms with E-state index in [-0.39, 0.29) is 0 Å². The van der Waals surface area contributed by atoms with Crippen molar-refractivity contribution in [3.8, 4) is 11.5 Å². The quantitative estimate of drug-likeness (QED) is 0.354. The van der Waals surface area contributed by atoms with Crippen LogP contribution in [0.4, 0.5) is 0 Å². The minimum atomic E-state index is -0.483. The molecule has 4 nitrogen and oxygen atoms in total. The van der Waals surface area contributed by atoms with Crippen LogP contribution in [0.25, 0.3) is 0 Å². The number of methoxy groups -OCH3 is 1. The molecule has 0 N–H and O–H groups in total. The Labute approximate surface area is 129 Å². The molecular weight excluding hydrogens is 280 g/mol. The first kappa shape index (κ1) is 15.5. The molecule has 0 bridgehead atoms. The molecule has 4 heteroatoms. The van der Waals surface area contributed by atoms with Crippen molar-refractivity contribution in [2.24, 2.45) is 0 Å². The molecule has 0 amide bonds. The van der Waals surface area contributed by atoms with Gasteiger partial charge in [-0.05, 0) is 30.7 Å². The van der Waals surface area contributed by atoms with Crippen molar-refractivity contribution in [2.75, 3.05) is 7.11 Å². The summed E-state index contributed by atoms with van der Waals surface area (Å²) in [5, 5.41) is 0. The molecule has 2 rings (SSSR count). The second-order valence-corrected chi connectivity index (χ2v) is 4.58. The summed E-state index contributed by atoms with van der Waals surface area (Å²) in [6.45, 7) is 3.68. The van der Waals surface area contributed by atoms with Crippen LogP contribution in [0, 0.1) is 0 Å². The number of aldehydes is 1. The summed E-state index contributed by atoms with van der Waals surface area (Å²) in [5.41, 5.74) is 1.56. The predicted molar refractivity (Wildman–Crippen MR) is 83.7 cm³/mol. The maximum absolute atomic E-state index is 12.2. The van der Waals surface area contributed by atoms with Gasteiger partial charge in [-0.2, -0.15) is 0 Å². The smallest absolute Gasteiger partial charge is 0.343 e. The van der Waals surface area contributed by atoms with Crippen LogP contribution in [0.3, 0.4) is 0 Å². The molecule has 0 aliphatic carbocycles. The Balaban J connectivity index is 2.42. The molecule has 2 aromatic carbocycles. The van der Waals surface area contributed by atoms with E-state index in [0.29, 0.717) is 34.6 Å². The van der Waals surface area contributed by atoms with Crippen molar-refractivity contribution >= 4 is 12.3 Å². The zero-order chi connectivity index (χ0) is 15.9. The van der Waals surface area contributed by atoms with Crippen molar-refractivity contribution in [2.45, 2.75) is 6.42 Å². The number of esters is 1. The van der Waals surface area contributed by atoms with Crippen LogP contribution in [0.2, 0.25) is 0 Å². The topological polar surface area (TPSA) is 52.6 Å². The van der Waals surface area contributed by atoms with Crippen LogP contribution in [0.5, 0.6) is 11.5 Å². The maximum atomic E-state index is 12.2. The molecule has 0 fully saturated rings. The Morgan fingerprint density at radius 3 is 2.55 bits per heavy atom. The zero-order valence-electron chi connectivity index (χ0n) is 12.2. The van der Waals surface area contributed by atoms with Gasteiger partial charge in [-0.25, -0.2) is 4.79 Å². The Morgan fingerprint density at radius 1 is 1.23 bits per heavy atom. The monoisotopic (exact) mass is 296 g/mol. The molecule has 2 aromatic rings. The number of allylic oxidation sites excluding steroid dienone is 1. The largest absolute Gasteiger partial charge is 0.493 e. The van der Waals surface area contributed by atoms with E-state index in [2.05, 4.69) is 6.58 Å². The van der Waals surface area contributed by atoms with Gasteiger partial charge in [-0.15, -0.1) is 6.58 Å². The van der Waals surface area contributed by atoms with E-state index < -0.39 is 5.97 Å². The standard InChI is InChI=1S/C18H16O4/c1-3-7-15-10-13(12-19)11-16(21-2)17(15)22-18(20)14-8-5-4-6-9-14/h3-6,8-12H,1,7H2,2H3. The van der Waals surface area contributed by atoms with Gasteiger partial charge in [-0.3, -0.25) is 4.79 Å². The van der Waals surface area contributed by atoms with Gasteiger partial charge in [0.1, 0.15) is 6.29 Å². The summed E-state index contributed by atoms with van der Waals surface area (Å²) in [6, 6.07) is 11.9. The lowest BCUT2D eigenvalue weighted by atomic mass is 10.1. The molecular formula is C18H16O4. The third kappa shape index (κ3) is 3.41. The van der Waals surface area contributed by atoms with E-state index in [1.807, 2.05) is 6.07 Å². The van der Waals surface area contributed by atoms with Crippen LogP contribution < -0.4 is 9.47 Å². The second-order valence-electron chi connectivity index (χ2n) is 4.58. The summed E-state index contributed by atoms with van der Waals surface area (Å²) in [4.78, 5) is 23.2. The van der Waals surface area contributed by atoms with Crippen LogP contribution in [0.15, 0.2) is 55.1 Å². The van der Waals surface area contributed by atoms with Crippen molar-refractivity contribution in [1.29, 1.82) is 0 Å². The van der Waals surface area contributed by atoms with Gasteiger partial charge in [0, 0.05) is 11.1 Å². The first-order valence-electron chi connectivity index (χ1n) is 6.73. The number of hydrogen-bond donors (Lipinski definition) is 0. The third-order valence-electron chi connectivity index (χ3n) is 3.08. The van der Waals surface area contributed by atoms with Crippen molar-refractivity contribution < 1.29 is 19.1 Å². The number of carbonyl (C=O) groups excluding carboxylic acids is 2. The van der Waals surface area contributed by atoms with Gasteiger partial charge in [0.2, 0.25) is 0 Å². The van der Waals surface area contributed by atoms with Crippen LogP contribution in [-0.2, 0) is 6.42 Å². The molecule has 0 radical (unpaired) electrons. The van der Waals surface area contributed by atoms with E-state index in [1.54, 1.807) is 36.4 Å². The van der Waals surface area contributed by atoms with E-state index in [0.717, 1.165) is 6.29 Å². The zero-order valence-corrected chi connectivity index (χ0v) is 12.2. The molecule has 0 saturated carbocycles. The fourth-order valence-corrected chi connectivity index (χ4v) is 2.05. The van der Waals surface area contributed by atoms with Gasteiger partial charge in [0.05, 0.1) is 12.7 Å². The van der Waals surface area contributed by atoms with E-state index in [4.69, 9.17) is 9.47 Å². The Bertz CT molecular complexity index is 690. The van der Waals surface area contributed by atoms with Crippen LogP contribution in [0.1, 0.15) is 26.3 Å². The lowest BCUT2D eigenvalue weighted by Crippen LogP contribution is -2.11. The molecule has 0 saturated heterocycles. The summed E-state index contributed by atoms with van der Waals surface area (Å²) in [7, 11) is 1.46. The highest BCUT2D eigenvalue weighted by atomic mass is 16.6. The second kappa shape index (κ2) is 7.22. The van der Waals surface area contributed by atoms with Gasteiger partial charge < -0.3 is 9.47 Å². The highest BCUT2D eigenvalue weighted by Crippen LogP contribution is 2.33. The van der Waals surface area contributed by atoms with Gasteiger partial charge in [0.25, 0.3) is 0 Å². The molecule has 0 aliphatic heterocycles. The lowest BCUT2D eigenvalue weighted by molar-refractivity contribution is 0.0728. The molecule has 112 valence electrons. The number of ether oxygens (including phenoxy) is 2. The third-order valence-corrected chi connectivity index (χ3v) is 3.08. The number of rotatable bonds is 6. The number of hydrogen-bond acceptors (Lipinski definition) is 4. The Kier molecular flexibility index (Phi) is 5.09. The molecule has 0 heterocycles. The molecule has 22 heavy (non-hydrogen) atoms. The summed E-state index contributed by atoms with van der Waals surface area (Å²) >= 11 is 0. The Morgan fingerprint density at radius 2 is 1.95 bits per heavy atom. The predicted octanol–water partition coefficient (Wildman–Crippen LogP) is 3.46. The highest BCUT2D eigenvalue weighted by molar-refractivity contribution is 5.91. The van der Waals surface area contributed by atoms with E-state index in [1.165, 1.54) is 13.2 Å². The Hall–Kier alpha value is -2.88. The first-order chi connectivity index (χ1) is 10.7. The highest BCUT2D eigenvalue weighted by Gasteiger charge is 2.17. The fraction of sp³-hybridized carbons (Fsp3) is 0.111. The maximum Gasteiger partial charge on any atom is 0.343 e. The lowest BCUT2D eigenvalue weighted by Gasteiger charge is -2.14. The van der Waals surface area contributed by atoms with Crippen molar-refractivity contribution in [3.63, 3.8) is 0 Å². The average molecular weight is 296 g/mol. The van der Waals surface area contributed by atoms with Gasteiger partial charge in [0.15, 0.2) is 11.5 Å². The van der Waals surface area contributed by atoms with Crippen LogP contribution in [-0.4, -0.2) is 19.4 Å². The number of benzene rings is 2. The number of carbonyl (C=O) groups is 2. The average Bonchev–Trinajstić information content (AvgIpc) is 2.57. The normalized spacial score (nSPS) is 9.86. The molecule has 0 spiro atoms. The summed E-state index contributed by atoms with van der Waals surface area (Å²) in [5.74, 6) is 0.163. The first-order valence-corrected chi connectivity index (χ1v) is 6.73. The molecule has 0 aromatic heterocycles. The van der Waals surface area contributed by atoms with Crippen molar-refractivity contribution in [1.82, 2.24) is 0 Å². The van der Waals surface area contributed by atoms with Crippen LogP contribution >= 0.6 is 0 Å². The SMILES string of the molecule is C=CCc1cc(C=O)cc(OC)c1OC(=O)c1ccccc1. The summed E-state index contributed by atoms with van der Waals surface area (Å²) in [6.07, 6.45) is 2.84. The fourth-order valence-electron chi connectivity index (χ4n) is 2.05. The van der Waals surface area contributed by atoms with Gasteiger partial charge >= 0.3 is 5.97 Å². The molecule has 0 aliphatic rings. The minimum absolute atomic E-state index is 0.307. The summed E-state index contributed by atoms with van der Waals surface area (Å²) < 4.78 is 10.7. The van der Waals surface area contributed by atoms with E-state index in [9.17, 15) is 9.59 Å². The molecule has 0 atom stereocenters. The van der Waals surface area contributed by atoms with Crippen molar-refractivity contribution in [3.05, 3.63) is 71.8 Å². The molecule has 0 unspecified atom stereocenters. The van der Waals surface area contributed by atoms with Gasteiger partial charge in [-0.1, -0.05) is 24.3 Å². The minimum Gasteiger partial charge on any atom is -0.493 e.